The quantitative estimate of drug-likeness (QED) is 0.655. The third-order valence-electron chi connectivity index (χ3n) is 5.02. The van der Waals surface area contributed by atoms with Crippen molar-refractivity contribution in [1.29, 1.82) is 0 Å². The highest BCUT2D eigenvalue weighted by Gasteiger charge is 2.32. The Morgan fingerprint density at radius 1 is 1.22 bits per heavy atom. The van der Waals surface area contributed by atoms with E-state index in [9.17, 15) is 9.59 Å². The molecule has 0 bridgehead atoms. The summed E-state index contributed by atoms with van der Waals surface area (Å²) in [6.45, 7) is 5.32. The van der Waals surface area contributed by atoms with Gasteiger partial charge in [-0.3, -0.25) is 0 Å². The molecule has 146 valence electrons. The molecule has 0 saturated carbocycles. The summed E-state index contributed by atoms with van der Waals surface area (Å²) in [6, 6.07) is 9.61. The fraction of sp³-hybridized carbons (Fsp3) is 0.524. The molecule has 0 spiro atoms. The van der Waals surface area contributed by atoms with Gasteiger partial charge in [0.1, 0.15) is 13.2 Å². The van der Waals surface area contributed by atoms with Gasteiger partial charge in [-0.2, -0.15) is 0 Å². The van der Waals surface area contributed by atoms with Crippen LogP contribution in [0.3, 0.4) is 0 Å². The van der Waals surface area contributed by atoms with Crippen molar-refractivity contribution >= 4 is 12.1 Å². The van der Waals surface area contributed by atoms with E-state index < -0.39 is 0 Å². The normalized spacial score (nSPS) is 16.6. The van der Waals surface area contributed by atoms with E-state index in [0.717, 1.165) is 50.0 Å². The number of benzene rings is 1. The fourth-order valence-corrected chi connectivity index (χ4v) is 3.44. The van der Waals surface area contributed by atoms with Gasteiger partial charge < -0.3 is 19.3 Å². The zero-order valence-electron chi connectivity index (χ0n) is 16.0. The first-order valence-electron chi connectivity index (χ1n) is 9.78. The molecular weight excluding hydrogens is 344 g/mol. The topological polar surface area (TPSA) is 59.1 Å². The summed E-state index contributed by atoms with van der Waals surface area (Å²) in [5, 5.41) is 0. The molecule has 1 aromatic rings. The molecule has 1 fully saturated rings. The first-order chi connectivity index (χ1) is 13.2. The highest BCUT2D eigenvalue weighted by Crippen LogP contribution is 2.25. The molecule has 0 atom stereocenters. The van der Waals surface area contributed by atoms with Gasteiger partial charge in [0.2, 0.25) is 0 Å². The molecule has 1 aromatic carbocycles. The second kappa shape index (κ2) is 9.44. The summed E-state index contributed by atoms with van der Waals surface area (Å²) < 4.78 is 10.8. The zero-order valence-corrected chi connectivity index (χ0v) is 16.0. The number of carbonyl (C=O) groups excluding carboxylic acids is 2. The Kier molecular flexibility index (Phi) is 6.74. The van der Waals surface area contributed by atoms with Gasteiger partial charge in [-0.1, -0.05) is 43.7 Å². The van der Waals surface area contributed by atoms with Gasteiger partial charge >= 0.3 is 12.1 Å². The Morgan fingerprint density at radius 3 is 2.67 bits per heavy atom. The third kappa shape index (κ3) is 5.02. The number of rotatable bonds is 8. The molecule has 1 saturated heterocycles. The molecule has 6 heteroatoms. The summed E-state index contributed by atoms with van der Waals surface area (Å²) in [5.41, 5.74) is 2.48. The standard InChI is InChI=1S/C21H28N2O4/c1-2-3-11-23(21(25)27-15-17-9-5-4-6-10-17)14-18-19(16-26-20(18)24)22-12-7-8-13-22/h4-6,9-10H,2-3,7-8,11-16H2,1H3. The molecule has 27 heavy (non-hydrogen) atoms. The Balaban J connectivity index is 1.68. The van der Waals surface area contributed by atoms with Crippen LogP contribution in [0.4, 0.5) is 4.79 Å². The van der Waals surface area contributed by atoms with E-state index in [2.05, 4.69) is 11.8 Å². The van der Waals surface area contributed by atoms with Gasteiger partial charge in [0.05, 0.1) is 17.8 Å². The van der Waals surface area contributed by atoms with Crippen molar-refractivity contribution in [2.75, 3.05) is 32.8 Å². The van der Waals surface area contributed by atoms with Crippen molar-refractivity contribution in [3.63, 3.8) is 0 Å². The molecule has 0 aliphatic carbocycles. The van der Waals surface area contributed by atoms with Gasteiger partial charge in [0.25, 0.3) is 0 Å². The lowest BCUT2D eigenvalue weighted by Crippen LogP contribution is -2.36. The van der Waals surface area contributed by atoms with E-state index in [1.807, 2.05) is 30.3 Å². The van der Waals surface area contributed by atoms with Crippen LogP contribution in [0.1, 0.15) is 38.2 Å². The molecule has 3 rings (SSSR count). The Bertz CT molecular complexity index is 681. The molecule has 6 nitrogen and oxygen atoms in total. The fourth-order valence-electron chi connectivity index (χ4n) is 3.44. The van der Waals surface area contributed by atoms with Crippen LogP contribution < -0.4 is 0 Å². The van der Waals surface area contributed by atoms with Crippen LogP contribution in [0.25, 0.3) is 0 Å². The smallest absolute Gasteiger partial charge is 0.410 e. The largest absolute Gasteiger partial charge is 0.456 e. The van der Waals surface area contributed by atoms with E-state index in [0.29, 0.717) is 18.7 Å². The molecule has 1 amide bonds. The van der Waals surface area contributed by atoms with Crippen molar-refractivity contribution < 1.29 is 19.1 Å². The predicted molar refractivity (Wildman–Crippen MR) is 102 cm³/mol. The van der Waals surface area contributed by atoms with Crippen molar-refractivity contribution in [2.45, 2.75) is 39.2 Å². The van der Waals surface area contributed by atoms with E-state index >= 15 is 0 Å². The van der Waals surface area contributed by atoms with Crippen molar-refractivity contribution in [2.24, 2.45) is 0 Å². The van der Waals surface area contributed by atoms with Gasteiger partial charge in [0, 0.05) is 19.6 Å². The average molecular weight is 372 g/mol. The Labute approximate surface area is 160 Å². The number of likely N-dealkylation sites (tertiary alicyclic amines) is 1. The van der Waals surface area contributed by atoms with Crippen LogP contribution in [0.15, 0.2) is 41.6 Å². The molecule has 0 aromatic heterocycles. The maximum absolute atomic E-state index is 12.7. The number of cyclic esters (lactones) is 1. The van der Waals surface area contributed by atoms with Gasteiger partial charge in [0.15, 0.2) is 0 Å². The Morgan fingerprint density at radius 2 is 1.96 bits per heavy atom. The molecule has 2 heterocycles. The summed E-state index contributed by atoms with van der Waals surface area (Å²) in [5.74, 6) is -0.311. The monoisotopic (exact) mass is 372 g/mol. The maximum Gasteiger partial charge on any atom is 0.410 e. The maximum atomic E-state index is 12.7. The summed E-state index contributed by atoms with van der Waals surface area (Å²) >= 11 is 0. The van der Waals surface area contributed by atoms with Crippen LogP contribution in [-0.4, -0.2) is 54.6 Å². The Hall–Kier alpha value is -2.50. The SMILES string of the molecule is CCCCN(CC1=C(N2CCCC2)COC1=O)C(=O)OCc1ccccc1. The molecule has 0 unspecified atom stereocenters. The number of nitrogens with zero attached hydrogens (tertiary/aromatic N) is 2. The number of carbonyl (C=O) groups is 2. The average Bonchev–Trinajstić information content (AvgIpc) is 3.34. The minimum atomic E-state index is -0.389. The lowest BCUT2D eigenvalue weighted by molar-refractivity contribution is -0.136. The number of esters is 1. The highest BCUT2D eigenvalue weighted by atomic mass is 16.6. The van der Waals surface area contributed by atoms with E-state index in [1.54, 1.807) is 4.90 Å². The summed E-state index contributed by atoms with van der Waals surface area (Å²) in [4.78, 5) is 28.8. The minimum absolute atomic E-state index is 0.227. The zero-order chi connectivity index (χ0) is 19.1. The summed E-state index contributed by atoms with van der Waals surface area (Å²) in [6.07, 6.45) is 3.69. The van der Waals surface area contributed by atoms with Crippen LogP contribution >= 0.6 is 0 Å². The molecule has 0 N–H and O–H groups in total. The molecule has 0 radical (unpaired) electrons. The van der Waals surface area contributed by atoms with Crippen LogP contribution in [0, 0.1) is 0 Å². The molecule has 2 aliphatic rings. The van der Waals surface area contributed by atoms with Crippen LogP contribution in [0.2, 0.25) is 0 Å². The van der Waals surface area contributed by atoms with E-state index in [4.69, 9.17) is 9.47 Å². The van der Waals surface area contributed by atoms with Gasteiger partial charge in [-0.15, -0.1) is 0 Å². The first kappa shape index (κ1) is 19.3. The van der Waals surface area contributed by atoms with Crippen molar-refractivity contribution in [3.8, 4) is 0 Å². The number of ether oxygens (including phenoxy) is 2. The molecular formula is C21H28N2O4. The lowest BCUT2D eigenvalue weighted by atomic mass is 10.2. The summed E-state index contributed by atoms with van der Waals surface area (Å²) in [7, 11) is 0. The van der Waals surface area contributed by atoms with Crippen molar-refractivity contribution in [1.82, 2.24) is 9.80 Å². The van der Waals surface area contributed by atoms with Crippen LogP contribution in [0.5, 0.6) is 0 Å². The number of hydrogen-bond donors (Lipinski definition) is 0. The van der Waals surface area contributed by atoms with E-state index in [-0.39, 0.29) is 25.2 Å². The number of amides is 1. The minimum Gasteiger partial charge on any atom is -0.456 e. The van der Waals surface area contributed by atoms with Gasteiger partial charge in [-0.25, -0.2) is 9.59 Å². The van der Waals surface area contributed by atoms with Crippen molar-refractivity contribution in [3.05, 3.63) is 47.2 Å². The van der Waals surface area contributed by atoms with Crippen LogP contribution in [-0.2, 0) is 20.9 Å². The second-order valence-electron chi connectivity index (χ2n) is 7.01. The second-order valence-corrected chi connectivity index (χ2v) is 7.01. The number of unbranched alkanes of at least 4 members (excludes halogenated alkanes) is 1. The van der Waals surface area contributed by atoms with Gasteiger partial charge in [-0.05, 0) is 24.8 Å². The highest BCUT2D eigenvalue weighted by molar-refractivity contribution is 5.92. The lowest BCUT2D eigenvalue weighted by Gasteiger charge is -2.24. The predicted octanol–water partition coefficient (Wildman–Crippen LogP) is 3.33. The number of hydrogen-bond acceptors (Lipinski definition) is 5. The first-order valence-corrected chi connectivity index (χ1v) is 9.78. The third-order valence-corrected chi connectivity index (χ3v) is 5.02. The molecule has 2 aliphatic heterocycles. The van der Waals surface area contributed by atoms with E-state index in [1.165, 1.54) is 0 Å².